The van der Waals surface area contributed by atoms with Crippen molar-refractivity contribution in [1.82, 2.24) is 10.6 Å². The summed E-state index contributed by atoms with van der Waals surface area (Å²) < 4.78 is 11.8. The van der Waals surface area contributed by atoms with Gasteiger partial charge in [-0.1, -0.05) is 0 Å². The van der Waals surface area contributed by atoms with Gasteiger partial charge in [-0.3, -0.25) is 5.73 Å². The van der Waals surface area contributed by atoms with Crippen LogP contribution < -0.4 is 25.8 Å². The lowest BCUT2D eigenvalue weighted by Gasteiger charge is -2.33. The highest BCUT2D eigenvalue weighted by Gasteiger charge is 2.34. The number of fused-ring (bicyclic) bond motifs is 1. The van der Waals surface area contributed by atoms with Gasteiger partial charge in [0, 0.05) is 18.3 Å². The highest BCUT2D eigenvalue weighted by Crippen LogP contribution is 2.44. The summed E-state index contributed by atoms with van der Waals surface area (Å²) in [4.78, 5) is 4.56. The fourth-order valence-electron chi connectivity index (χ4n) is 2.54. The van der Waals surface area contributed by atoms with Gasteiger partial charge in [-0.15, -0.1) is 0 Å². The van der Waals surface area contributed by atoms with Crippen LogP contribution in [0.25, 0.3) is 0 Å². The molecule has 2 aliphatic heterocycles. The molecule has 0 saturated heterocycles. The van der Waals surface area contributed by atoms with Crippen LogP contribution in [0.15, 0.2) is 27.3 Å². The first-order valence-corrected chi connectivity index (χ1v) is 7.36. The molecule has 0 saturated carbocycles. The van der Waals surface area contributed by atoms with Gasteiger partial charge in [-0.05, 0) is 47.5 Å². The van der Waals surface area contributed by atoms with Crippen molar-refractivity contribution >= 4 is 21.8 Å². The number of rotatable bonds is 1. The Kier molecular flexibility index (Phi) is 3.33. The molecule has 0 radical (unpaired) electrons. The van der Waals surface area contributed by atoms with E-state index in [1.165, 1.54) is 0 Å². The minimum atomic E-state index is -1.05. The van der Waals surface area contributed by atoms with E-state index >= 15 is 0 Å². The van der Waals surface area contributed by atoms with Crippen molar-refractivity contribution in [2.24, 2.45) is 10.7 Å². The summed E-state index contributed by atoms with van der Waals surface area (Å²) in [5, 5.41) is 6.26. The molecule has 0 aromatic heterocycles. The minimum absolute atomic E-state index is 0.214. The number of aliphatic imine (C=N–C) groups is 1. The van der Waals surface area contributed by atoms with Crippen LogP contribution in [0.5, 0.6) is 11.5 Å². The molecular formula is C14H17BrN4O2. The smallest absolute Gasteiger partial charge is 0.231 e. The van der Waals surface area contributed by atoms with Crippen LogP contribution >= 0.6 is 15.9 Å². The highest BCUT2D eigenvalue weighted by molar-refractivity contribution is 9.10. The summed E-state index contributed by atoms with van der Waals surface area (Å²) in [5.74, 6) is 1.05. The topological polar surface area (TPSA) is 80.9 Å². The number of benzene rings is 1. The van der Waals surface area contributed by atoms with E-state index in [1.807, 2.05) is 33.0 Å². The first-order valence-electron chi connectivity index (χ1n) is 6.57. The first-order chi connectivity index (χ1) is 9.94. The van der Waals surface area contributed by atoms with Gasteiger partial charge < -0.3 is 20.1 Å². The number of amidine groups is 1. The maximum absolute atomic E-state index is 6.50. The van der Waals surface area contributed by atoms with Gasteiger partial charge in [0.1, 0.15) is 5.84 Å². The molecule has 1 atom stereocenters. The van der Waals surface area contributed by atoms with Crippen LogP contribution in [-0.4, -0.2) is 19.7 Å². The Labute approximate surface area is 131 Å². The Morgan fingerprint density at radius 3 is 2.90 bits per heavy atom. The van der Waals surface area contributed by atoms with Crippen molar-refractivity contribution in [3.8, 4) is 11.5 Å². The standard InChI is InChI=1S/C14H17BrN4O2/c1-7-4-11(17-3)19-14(16,18-7)9-5-10-13(21-6-20-10)12(15)8(9)2/h4-5,18H,6,16H2,1-3H3,(H,17,19). The third-order valence-corrected chi connectivity index (χ3v) is 4.51. The molecule has 7 heteroatoms. The molecule has 3 rings (SSSR count). The number of halogens is 1. The van der Waals surface area contributed by atoms with E-state index in [4.69, 9.17) is 15.2 Å². The van der Waals surface area contributed by atoms with Crippen molar-refractivity contribution in [3.63, 3.8) is 0 Å². The fraction of sp³-hybridized carbons (Fsp3) is 0.357. The van der Waals surface area contributed by atoms with Gasteiger partial charge in [0.25, 0.3) is 0 Å². The van der Waals surface area contributed by atoms with E-state index in [-0.39, 0.29) is 6.79 Å². The van der Waals surface area contributed by atoms with E-state index in [0.29, 0.717) is 11.5 Å². The van der Waals surface area contributed by atoms with Crippen molar-refractivity contribution in [2.75, 3.05) is 13.8 Å². The SMILES string of the molecule is CNC1=NC(N)(c2cc3c(c(Br)c2C)OCO3)NC(C)=C1. The normalized spacial score (nSPS) is 23.3. The molecule has 112 valence electrons. The average molecular weight is 353 g/mol. The van der Waals surface area contributed by atoms with Crippen molar-refractivity contribution < 1.29 is 9.47 Å². The lowest BCUT2D eigenvalue weighted by molar-refractivity contribution is 0.173. The number of ether oxygens (including phenoxy) is 2. The molecule has 2 aliphatic rings. The summed E-state index contributed by atoms with van der Waals surface area (Å²) in [5.41, 5.74) is 9.23. The Balaban J connectivity index is 2.15. The fourth-order valence-corrected chi connectivity index (χ4v) is 3.06. The minimum Gasteiger partial charge on any atom is -0.454 e. The van der Waals surface area contributed by atoms with Crippen LogP contribution in [0.4, 0.5) is 0 Å². The summed E-state index contributed by atoms with van der Waals surface area (Å²) in [6.45, 7) is 4.14. The lowest BCUT2D eigenvalue weighted by Crippen LogP contribution is -2.52. The van der Waals surface area contributed by atoms with Crippen molar-refractivity contribution in [3.05, 3.63) is 33.4 Å². The van der Waals surface area contributed by atoms with Crippen LogP contribution in [0.3, 0.4) is 0 Å². The maximum atomic E-state index is 6.50. The zero-order chi connectivity index (χ0) is 15.2. The van der Waals surface area contributed by atoms with Crippen LogP contribution in [0.1, 0.15) is 18.1 Å². The molecule has 6 nitrogen and oxygen atoms in total. The lowest BCUT2D eigenvalue weighted by atomic mass is 10.00. The number of allylic oxidation sites excluding steroid dienone is 1. The number of hydrogen-bond acceptors (Lipinski definition) is 6. The molecule has 1 aromatic carbocycles. The third kappa shape index (κ3) is 2.26. The molecule has 0 spiro atoms. The molecule has 2 heterocycles. The molecule has 0 amide bonds. The number of likely N-dealkylation sites (N-methyl/N-ethyl adjacent to an activating group) is 1. The molecule has 4 N–H and O–H groups in total. The second-order valence-electron chi connectivity index (χ2n) is 5.06. The summed E-state index contributed by atoms with van der Waals surface area (Å²) in [6.07, 6.45) is 1.91. The molecule has 21 heavy (non-hydrogen) atoms. The van der Waals surface area contributed by atoms with Crippen LogP contribution in [-0.2, 0) is 5.79 Å². The largest absolute Gasteiger partial charge is 0.454 e. The summed E-state index contributed by atoms with van der Waals surface area (Å²) >= 11 is 3.55. The van der Waals surface area contributed by atoms with E-state index < -0.39 is 5.79 Å². The van der Waals surface area contributed by atoms with Gasteiger partial charge in [0.05, 0.1) is 4.47 Å². The van der Waals surface area contributed by atoms with Gasteiger partial charge >= 0.3 is 0 Å². The van der Waals surface area contributed by atoms with Gasteiger partial charge in [-0.2, -0.15) is 0 Å². The van der Waals surface area contributed by atoms with Crippen LogP contribution in [0, 0.1) is 6.92 Å². The predicted octanol–water partition coefficient (Wildman–Crippen LogP) is 1.68. The Morgan fingerprint density at radius 1 is 1.43 bits per heavy atom. The Bertz CT molecular complexity index is 671. The third-order valence-electron chi connectivity index (χ3n) is 3.55. The quantitative estimate of drug-likeness (QED) is 0.716. The monoisotopic (exact) mass is 352 g/mol. The number of nitrogens with zero attached hydrogens (tertiary/aromatic N) is 1. The number of hydrogen-bond donors (Lipinski definition) is 3. The second-order valence-corrected chi connectivity index (χ2v) is 5.86. The average Bonchev–Trinajstić information content (AvgIpc) is 2.90. The van der Waals surface area contributed by atoms with Gasteiger partial charge in [-0.25, -0.2) is 4.99 Å². The summed E-state index contributed by atoms with van der Waals surface area (Å²) in [7, 11) is 1.82. The molecule has 1 unspecified atom stereocenters. The predicted molar refractivity (Wildman–Crippen MR) is 84.3 cm³/mol. The van der Waals surface area contributed by atoms with E-state index in [2.05, 4.69) is 31.6 Å². The van der Waals surface area contributed by atoms with E-state index in [9.17, 15) is 0 Å². The molecular weight excluding hydrogens is 336 g/mol. The maximum Gasteiger partial charge on any atom is 0.231 e. The van der Waals surface area contributed by atoms with E-state index in [1.54, 1.807) is 0 Å². The zero-order valence-corrected chi connectivity index (χ0v) is 13.7. The second kappa shape index (κ2) is 4.92. The molecule has 0 fully saturated rings. The number of nitrogens with one attached hydrogen (secondary N) is 2. The molecule has 1 aromatic rings. The Hall–Kier alpha value is -1.73. The van der Waals surface area contributed by atoms with Gasteiger partial charge in [0.2, 0.25) is 12.6 Å². The van der Waals surface area contributed by atoms with Crippen molar-refractivity contribution in [2.45, 2.75) is 19.6 Å². The zero-order valence-electron chi connectivity index (χ0n) is 12.1. The van der Waals surface area contributed by atoms with Crippen molar-refractivity contribution in [1.29, 1.82) is 0 Å². The first kappa shape index (κ1) is 14.2. The number of nitrogens with two attached hydrogens (primary N) is 1. The van der Waals surface area contributed by atoms with E-state index in [0.717, 1.165) is 27.1 Å². The van der Waals surface area contributed by atoms with Gasteiger partial charge in [0.15, 0.2) is 11.5 Å². The molecule has 0 bridgehead atoms. The molecule has 0 aliphatic carbocycles. The van der Waals surface area contributed by atoms with Crippen LogP contribution in [0.2, 0.25) is 0 Å². The Morgan fingerprint density at radius 2 is 2.19 bits per heavy atom. The highest BCUT2D eigenvalue weighted by atomic mass is 79.9. The summed E-state index contributed by atoms with van der Waals surface area (Å²) in [6, 6.07) is 1.88.